The maximum absolute atomic E-state index is 12.4. The highest BCUT2D eigenvalue weighted by Gasteiger charge is 2.13. The lowest BCUT2D eigenvalue weighted by atomic mass is 10.1. The number of benzene rings is 2. The first-order valence-corrected chi connectivity index (χ1v) is 9.80. The van der Waals surface area contributed by atoms with Gasteiger partial charge in [0.2, 0.25) is 11.8 Å². The van der Waals surface area contributed by atoms with Gasteiger partial charge >= 0.3 is 0 Å². The zero-order chi connectivity index (χ0) is 20.4. The lowest BCUT2D eigenvalue weighted by Crippen LogP contribution is -2.33. The molecule has 5 nitrogen and oxygen atoms in total. The standard InChI is InChI=1S/C23H30N2O3/c1-18(2)28-22-14-8-7-13-21(22)24-23(27)15-17-25(19(3)26)16-9-12-20-10-5-4-6-11-20/h4-8,10-11,13-14,18H,9,12,15-17H2,1-3H3,(H,24,27). The molecule has 0 fully saturated rings. The minimum Gasteiger partial charge on any atom is -0.489 e. The van der Waals surface area contributed by atoms with Crippen LogP contribution in [0.3, 0.4) is 0 Å². The average Bonchev–Trinajstić information content (AvgIpc) is 2.66. The molecule has 5 heteroatoms. The van der Waals surface area contributed by atoms with Crippen LogP contribution in [0.25, 0.3) is 0 Å². The Labute approximate surface area is 167 Å². The van der Waals surface area contributed by atoms with Crippen molar-refractivity contribution in [1.82, 2.24) is 4.90 Å². The van der Waals surface area contributed by atoms with E-state index in [4.69, 9.17) is 4.74 Å². The van der Waals surface area contributed by atoms with Crippen LogP contribution in [0.1, 0.15) is 39.2 Å². The summed E-state index contributed by atoms with van der Waals surface area (Å²) < 4.78 is 5.73. The maximum Gasteiger partial charge on any atom is 0.226 e. The van der Waals surface area contributed by atoms with E-state index in [1.807, 2.05) is 56.3 Å². The molecule has 0 radical (unpaired) electrons. The van der Waals surface area contributed by atoms with Gasteiger partial charge in [-0.3, -0.25) is 9.59 Å². The monoisotopic (exact) mass is 382 g/mol. The third-order valence-corrected chi connectivity index (χ3v) is 4.31. The Bertz CT molecular complexity index is 759. The fourth-order valence-electron chi connectivity index (χ4n) is 2.92. The van der Waals surface area contributed by atoms with Crippen LogP contribution in [0.5, 0.6) is 5.75 Å². The summed E-state index contributed by atoms with van der Waals surface area (Å²) in [5.41, 5.74) is 1.91. The number of nitrogens with zero attached hydrogens (tertiary/aromatic N) is 1. The molecule has 0 aliphatic rings. The summed E-state index contributed by atoms with van der Waals surface area (Å²) in [6.07, 6.45) is 2.06. The molecule has 28 heavy (non-hydrogen) atoms. The molecule has 0 aromatic heterocycles. The molecule has 0 aliphatic heterocycles. The van der Waals surface area contributed by atoms with Crippen molar-refractivity contribution in [3.8, 4) is 5.75 Å². The van der Waals surface area contributed by atoms with Gasteiger partial charge in [0.25, 0.3) is 0 Å². The molecule has 0 unspecified atom stereocenters. The number of carbonyl (C=O) groups excluding carboxylic acids is 2. The summed E-state index contributed by atoms with van der Waals surface area (Å²) in [4.78, 5) is 26.0. The van der Waals surface area contributed by atoms with Gasteiger partial charge in [-0.25, -0.2) is 0 Å². The Balaban J connectivity index is 1.82. The highest BCUT2D eigenvalue weighted by Crippen LogP contribution is 2.24. The number of hydrogen-bond acceptors (Lipinski definition) is 3. The van der Waals surface area contributed by atoms with Crippen molar-refractivity contribution in [1.29, 1.82) is 0 Å². The van der Waals surface area contributed by atoms with Crippen LogP contribution in [-0.4, -0.2) is 35.9 Å². The number of nitrogens with one attached hydrogen (secondary N) is 1. The molecule has 2 amide bonds. The van der Waals surface area contributed by atoms with Crippen LogP contribution in [0.4, 0.5) is 5.69 Å². The van der Waals surface area contributed by atoms with E-state index in [0.717, 1.165) is 12.8 Å². The molecule has 0 saturated heterocycles. The topological polar surface area (TPSA) is 58.6 Å². The van der Waals surface area contributed by atoms with Crippen LogP contribution < -0.4 is 10.1 Å². The predicted molar refractivity (Wildman–Crippen MR) is 112 cm³/mol. The van der Waals surface area contributed by atoms with Crippen molar-refractivity contribution in [2.24, 2.45) is 0 Å². The van der Waals surface area contributed by atoms with Crippen LogP contribution in [-0.2, 0) is 16.0 Å². The van der Waals surface area contributed by atoms with Gasteiger partial charge in [-0.15, -0.1) is 0 Å². The number of amides is 2. The van der Waals surface area contributed by atoms with E-state index in [0.29, 0.717) is 24.5 Å². The molecule has 0 saturated carbocycles. The summed E-state index contributed by atoms with van der Waals surface area (Å²) in [6.45, 7) is 6.48. The van der Waals surface area contributed by atoms with Gasteiger partial charge < -0.3 is 15.0 Å². The van der Waals surface area contributed by atoms with Crippen molar-refractivity contribution in [2.45, 2.75) is 46.1 Å². The summed E-state index contributed by atoms with van der Waals surface area (Å²) in [5.74, 6) is 0.510. The Morgan fingerprint density at radius 1 is 1.00 bits per heavy atom. The Kier molecular flexibility index (Phi) is 8.53. The molecule has 2 aromatic carbocycles. The predicted octanol–water partition coefficient (Wildman–Crippen LogP) is 4.28. The van der Waals surface area contributed by atoms with Crippen LogP contribution in [0, 0.1) is 0 Å². The van der Waals surface area contributed by atoms with E-state index in [1.54, 1.807) is 11.8 Å². The van der Waals surface area contributed by atoms with Gasteiger partial charge in [0.15, 0.2) is 0 Å². The fourth-order valence-corrected chi connectivity index (χ4v) is 2.92. The van der Waals surface area contributed by atoms with Crippen LogP contribution >= 0.6 is 0 Å². The number of rotatable bonds is 10. The van der Waals surface area contributed by atoms with E-state index in [1.165, 1.54) is 5.56 Å². The van der Waals surface area contributed by atoms with Crippen LogP contribution in [0.15, 0.2) is 54.6 Å². The number of carbonyl (C=O) groups is 2. The van der Waals surface area contributed by atoms with E-state index < -0.39 is 0 Å². The normalized spacial score (nSPS) is 10.6. The van der Waals surface area contributed by atoms with E-state index in [2.05, 4.69) is 17.4 Å². The number of ether oxygens (including phenoxy) is 1. The third-order valence-electron chi connectivity index (χ3n) is 4.31. The summed E-state index contributed by atoms with van der Waals surface area (Å²) in [5, 5.41) is 2.89. The highest BCUT2D eigenvalue weighted by molar-refractivity contribution is 5.92. The van der Waals surface area contributed by atoms with Crippen LogP contribution in [0.2, 0.25) is 0 Å². The molecule has 0 bridgehead atoms. The van der Waals surface area contributed by atoms with Gasteiger partial charge in [-0.1, -0.05) is 42.5 Å². The fraction of sp³-hybridized carbons (Fsp3) is 0.391. The first-order chi connectivity index (χ1) is 13.5. The first kappa shape index (κ1) is 21.5. The smallest absolute Gasteiger partial charge is 0.226 e. The molecule has 0 heterocycles. The lowest BCUT2D eigenvalue weighted by molar-refractivity contribution is -0.129. The van der Waals surface area contributed by atoms with E-state index >= 15 is 0 Å². The van der Waals surface area contributed by atoms with Crippen molar-refractivity contribution in [3.05, 3.63) is 60.2 Å². The number of hydrogen-bond donors (Lipinski definition) is 1. The van der Waals surface area contributed by atoms with Crippen molar-refractivity contribution < 1.29 is 14.3 Å². The second kappa shape index (κ2) is 11.1. The van der Waals surface area contributed by atoms with E-state index in [9.17, 15) is 9.59 Å². The second-order valence-electron chi connectivity index (χ2n) is 7.06. The largest absolute Gasteiger partial charge is 0.489 e. The van der Waals surface area contributed by atoms with Gasteiger partial charge in [0.05, 0.1) is 11.8 Å². The zero-order valence-electron chi connectivity index (χ0n) is 17.0. The highest BCUT2D eigenvalue weighted by atomic mass is 16.5. The third kappa shape index (κ3) is 7.43. The zero-order valence-corrected chi connectivity index (χ0v) is 17.0. The number of aryl methyl sites for hydroxylation is 1. The minimum atomic E-state index is -0.130. The quantitative estimate of drug-likeness (QED) is 0.667. The molecule has 0 spiro atoms. The van der Waals surface area contributed by atoms with Crippen molar-refractivity contribution in [2.75, 3.05) is 18.4 Å². The molecule has 2 aromatic rings. The SMILES string of the molecule is CC(=O)N(CCCc1ccccc1)CCC(=O)Nc1ccccc1OC(C)C. The number of para-hydroxylation sites is 2. The Morgan fingerprint density at radius 3 is 2.36 bits per heavy atom. The van der Waals surface area contributed by atoms with Gasteiger partial charge in [0, 0.05) is 26.4 Å². The second-order valence-corrected chi connectivity index (χ2v) is 7.06. The van der Waals surface area contributed by atoms with E-state index in [-0.39, 0.29) is 24.3 Å². The molecular formula is C23H30N2O3. The molecule has 0 atom stereocenters. The molecule has 2 rings (SSSR count). The summed E-state index contributed by atoms with van der Waals surface area (Å²) >= 11 is 0. The first-order valence-electron chi connectivity index (χ1n) is 9.80. The lowest BCUT2D eigenvalue weighted by Gasteiger charge is -2.21. The van der Waals surface area contributed by atoms with Crippen molar-refractivity contribution >= 4 is 17.5 Å². The minimum absolute atomic E-state index is 0.00981. The molecular weight excluding hydrogens is 352 g/mol. The van der Waals surface area contributed by atoms with Crippen molar-refractivity contribution in [3.63, 3.8) is 0 Å². The number of anilines is 1. The molecule has 1 N–H and O–H groups in total. The van der Waals surface area contributed by atoms with Gasteiger partial charge in [-0.2, -0.15) is 0 Å². The molecule has 150 valence electrons. The summed E-state index contributed by atoms with van der Waals surface area (Å²) in [7, 11) is 0. The molecule has 0 aliphatic carbocycles. The van der Waals surface area contributed by atoms with Gasteiger partial charge in [-0.05, 0) is 44.4 Å². The summed E-state index contributed by atoms with van der Waals surface area (Å²) in [6, 6.07) is 17.6. The average molecular weight is 383 g/mol. The van der Waals surface area contributed by atoms with Gasteiger partial charge in [0.1, 0.15) is 5.75 Å². The Hall–Kier alpha value is -2.82. The maximum atomic E-state index is 12.4. The Morgan fingerprint density at radius 2 is 1.68 bits per heavy atom.